The van der Waals surface area contributed by atoms with Crippen LogP contribution in [0.25, 0.3) is 0 Å². The first-order valence-electron chi connectivity index (χ1n) is 4.41. The highest BCUT2D eigenvalue weighted by Gasteiger charge is 2.01. The van der Waals surface area contributed by atoms with E-state index in [-0.39, 0.29) is 12.1 Å². The molecule has 0 aliphatic carbocycles. The van der Waals surface area contributed by atoms with Crippen molar-refractivity contribution in [3.8, 4) is 0 Å². The topological polar surface area (TPSA) is 35.5 Å². The highest BCUT2D eigenvalue weighted by molar-refractivity contribution is 5.65. The summed E-state index contributed by atoms with van der Waals surface area (Å²) >= 11 is 0. The van der Waals surface area contributed by atoms with E-state index in [1.807, 2.05) is 6.92 Å². The lowest BCUT2D eigenvalue weighted by molar-refractivity contribution is -0.141. The van der Waals surface area contributed by atoms with Crippen LogP contribution in [-0.4, -0.2) is 25.3 Å². The van der Waals surface area contributed by atoms with Gasteiger partial charge in [-0.1, -0.05) is 6.92 Å². The molecule has 0 saturated heterocycles. The van der Waals surface area contributed by atoms with Crippen molar-refractivity contribution in [3.63, 3.8) is 0 Å². The molecule has 12 heavy (non-hydrogen) atoms. The van der Waals surface area contributed by atoms with Gasteiger partial charge in [-0.15, -0.1) is 0 Å². The van der Waals surface area contributed by atoms with Crippen LogP contribution in [0.3, 0.4) is 0 Å². The number of hydrogen-bond donors (Lipinski definition) is 0. The minimum absolute atomic E-state index is 0.185. The van der Waals surface area contributed by atoms with Crippen LogP contribution in [0, 0.1) is 0 Å². The monoisotopic (exact) mass is 174 g/mol. The Balaban J connectivity index is 3.19. The molecule has 0 bridgehead atoms. The van der Waals surface area contributed by atoms with Gasteiger partial charge in [-0.2, -0.15) is 0 Å². The Morgan fingerprint density at radius 3 is 2.58 bits per heavy atom. The molecule has 0 amide bonds. The standard InChI is InChI=1S/C9H18O3/c1-4-6-11-8(2)5-7-12-9(3)10/h8H,4-7H2,1-3H3. The summed E-state index contributed by atoms with van der Waals surface area (Å²) < 4.78 is 10.2. The molecule has 3 nitrogen and oxygen atoms in total. The number of esters is 1. The number of carbonyl (C=O) groups is 1. The van der Waals surface area contributed by atoms with Gasteiger partial charge < -0.3 is 9.47 Å². The maximum absolute atomic E-state index is 10.4. The third-order valence-corrected chi connectivity index (χ3v) is 1.44. The summed E-state index contributed by atoms with van der Waals surface area (Å²) in [6.45, 7) is 6.71. The van der Waals surface area contributed by atoms with Crippen LogP contribution in [0.4, 0.5) is 0 Å². The molecule has 1 atom stereocenters. The SMILES string of the molecule is CCCOC(C)CCOC(C)=O. The normalized spacial score (nSPS) is 12.6. The Kier molecular flexibility index (Phi) is 6.76. The van der Waals surface area contributed by atoms with E-state index in [4.69, 9.17) is 9.47 Å². The van der Waals surface area contributed by atoms with Crippen molar-refractivity contribution < 1.29 is 14.3 Å². The average Bonchev–Trinajstić information content (AvgIpc) is 2.00. The van der Waals surface area contributed by atoms with Crippen molar-refractivity contribution in [2.75, 3.05) is 13.2 Å². The van der Waals surface area contributed by atoms with E-state index < -0.39 is 0 Å². The third kappa shape index (κ3) is 7.54. The molecule has 0 saturated carbocycles. The van der Waals surface area contributed by atoms with Crippen LogP contribution >= 0.6 is 0 Å². The molecule has 0 N–H and O–H groups in total. The Morgan fingerprint density at radius 2 is 2.08 bits per heavy atom. The fourth-order valence-electron chi connectivity index (χ4n) is 0.771. The zero-order chi connectivity index (χ0) is 9.40. The second kappa shape index (κ2) is 7.10. The van der Waals surface area contributed by atoms with E-state index in [1.54, 1.807) is 0 Å². The Bertz CT molecular complexity index is 123. The summed E-state index contributed by atoms with van der Waals surface area (Å²) in [5.41, 5.74) is 0. The summed E-state index contributed by atoms with van der Waals surface area (Å²) in [7, 11) is 0. The predicted molar refractivity (Wildman–Crippen MR) is 47.0 cm³/mol. The van der Waals surface area contributed by atoms with Crippen LogP contribution < -0.4 is 0 Å². The van der Waals surface area contributed by atoms with Gasteiger partial charge in [0.2, 0.25) is 0 Å². The van der Waals surface area contributed by atoms with Gasteiger partial charge in [-0.25, -0.2) is 0 Å². The van der Waals surface area contributed by atoms with Gasteiger partial charge in [0.1, 0.15) is 0 Å². The Hall–Kier alpha value is -0.570. The first-order chi connectivity index (χ1) is 5.66. The second-order valence-corrected chi connectivity index (χ2v) is 2.81. The van der Waals surface area contributed by atoms with E-state index >= 15 is 0 Å². The van der Waals surface area contributed by atoms with E-state index in [9.17, 15) is 4.79 Å². The van der Waals surface area contributed by atoms with Gasteiger partial charge in [0, 0.05) is 20.0 Å². The van der Waals surface area contributed by atoms with Crippen LogP contribution in [0.5, 0.6) is 0 Å². The van der Waals surface area contributed by atoms with Crippen molar-refractivity contribution in [1.29, 1.82) is 0 Å². The molecule has 0 spiro atoms. The van der Waals surface area contributed by atoms with Crippen LogP contribution in [0.15, 0.2) is 0 Å². The summed E-state index contributed by atoms with van der Waals surface area (Å²) in [6, 6.07) is 0. The van der Waals surface area contributed by atoms with E-state index in [0.717, 1.165) is 19.4 Å². The van der Waals surface area contributed by atoms with Crippen molar-refractivity contribution in [2.24, 2.45) is 0 Å². The highest BCUT2D eigenvalue weighted by atomic mass is 16.5. The van der Waals surface area contributed by atoms with Crippen molar-refractivity contribution >= 4 is 5.97 Å². The zero-order valence-corrected chi connectivity index (χ0v) is 8.13. The molecule has 3 heteroatoms. The van der Waals surface area contributed by atoms with E-state index in [1.165, 1.54) is 6.92 Å². The fraction of sp³-hybridized carbons (Fsp3) is 0.889. The van der Waals surface area contributed by atoms with Gasteiger partial charge in [0.15, 0.2) is 0 Å². The number of carbonyl (C=O) groups excluding carboxylic acids is 1. The van der Waals surface area contributed by atoms with Gasteiger partial charge >= 0.3 is 5.97 Å². The number of ether oxygens (including phenoxy) is 2. The summed E-state index contributed by atoms with van der Waals surface area (Å²) in [5, 5.41) is 0. The molecule has 0 aromatic rings. The zero-order valence-electron chi connectivity index (χ0n) is 8.13. The average molecular weight is 174 g/mol. The largest absolute Gasteiger partial charge is 0.466 e. The summed E-state index contributed by atoms with van der Waals surface area (Å²) in [5.74, 6) is -0.224. The molecule has 0 fully saturated rings. The maximum atomic E-state index is 10.4. The van der Waals surface area contributed by atoms with Gasteiger partial charge in [0.05, 0.1) is 12.7 Å². The molecule has 0 rings (SSSR count). The van der Waals surface area contributed by atoms with Crippen LogP contribution in [0.1, 0.15) is 33.6 Å². The van der Waals surface area contributed by atoms with Crippen LogP contribution in [-0.2, 0) is 14.3 Å². The lowest BCUT2D eigenvalue weighted by Crippen LogP contribution is -2.13. The predicted octanol–water partition coefficient (Wildman–Crippen LogP) is 1.75. The summed E-state index contributed by atoms with van der Waals surface area (Å²) in [4.78, 5) is 10.4. The van der Waals surface area contributed by atoms with Crippen LogP contribution in [0.2, 0.25) is 0 Å². The minimum Gasteiger partial charge on any atom is -0.466 e. The molecule has 0 radical (unpaired) electrons. The molecule has 0 aliphatic rings. The third-order valence-electron chi connectivity index (χ3n) is 1.44. The lowest BCUT2D eigenvalue weighted by atomic mass is 10.3. The van der Waals surface area contributed by atoms with Gasteiger partial charge in [0.25, 0.3) is 0 Å². The minimum atomic E-state index is -0.224. The number of rotatable bonds is 6. The molecule has 0 aliphatic heterocycles. The first-order valence-corrected chi connectivity index (χ1v) is 4.41. The van der Waals surface area contributed by atoms with Crippen molar-refractivity contribution in [2.45, 2.75) is 39.7 Å². The molecule has 0 aromatic carbocycles. The van der Waals surface area contributed by atoms with E-state index in [0.29, 0.717) is 6.61 Å². The first kappa shape index (κ1) is 11.4. The maximum Gasteiger partial charge on any atom is 0.302 e. The van der Waals surface area contributed by atoms with Crippen molar-refractivity contribution in [1.82, 2.24) is 0 Å². The fourth-order valence-corrected chi connectivity index (χ4v) is 0.771. The molecule has 0 heterocycles. The highest BCUT2D eigenvalue weighted by Crippen LogP contribution is 1.98. The Morgan fingerprint density at radius 1 is 1.42 bits per heavy atom. The molecule has 1 unspecified atom stereocenters. The second-order valence-electron chi connectivity index (χ2n) is 2.81. The van der Waals surface area contributed by atoms with E-state index in [2.05, 4.69) is 6.92 Å². The van der Waals surface area contributed by atoms with Gasteiger partial charge in [-0.3, -0.25) is 4.79 Å². The molecular weight excluding hydrogens is 156 g/mol. The summed E-state index contributed by atoms with van der Waals surface area (Å²) in [6.07, 6.45) is 1.99. The molecule has 72 valence electrons. The number of hydrogen-bond acceptors (Lipinski definition) is 3. The molecular formula is C9H18O3. The van der Waals surface area contributed by atoms with Crippen molar-refractivity contribution in [3.05, 3.63) is 0 Å². The Labute approximate surface area is 74.0 Å². The lowest BCUT2D eigenvalue weighted by Gasteiger charge is -2.11. The van der Waals surface area contributed by atoms with Gasteiger partial charge in [-0.05, 0) is 13.3 Å². The quantitative estimate of drug-likeness (QED) is 0.575. The smallest absolute Gasteiger partial charge is 0.302 e. The molecule has 0 aromatic heterocycles.